The Balaban J connectivity index is 1.40. The van der Waals surface area contributed by atoms with E-state index in [-0.39, 0.29) is 23.0 Å². The predicted molar refractivity (Wildman–Crippen MR) is 142 cm³/mol. The third-order valence-corrected chi connectivity index (χ3v) is 6.87. The second-order valence-electron chi connectivity index (χ2n) is 9.57. The number of nitrogens with zero attached hydrogens (tertiary/aromatic N) is 4. The minimum absolute atomic E-state index is 0.0770. The lowest BCUT2D eigenvalue weighted by Gasteiger charge is -2.19. The van der Waals surface area contributed by atoms with Crippen molar-refractivity contribution in [2.45, 2.75) is 50.7 Å². The van der Waals surface area contributed by atoms with Crippen LogP contribution in [-0.2, 0) is 21.5 Å². The zero-order chi connectivity index (χ0) is 25.0. The smallest absolute Gasteiger partial charge is 0.234 e. The molecule has 182 valence electrons. The number of thioether (sulfide) groups is 1. The van der Waals surface area contributed by atoms with Crippen molar-refractivity contribution in [2.24, 2.45) is 0 Å². The molecule has 0 atom stereocenters. The number of hydrogen-bond acceptors (Lipinski definition) is 5. The van der Waals surface area contributed by atoms with Crippen LogP contribution in [0.15, 0.2) is 66.3 Å². The summed E-state index contributed by atoms with van der Waals surface area (Å²) in [5, 5.41) is 12.3. The first kappa shape index (κ1) is 24.7. The minimum Gasteiger partial charge on any atom is -0.325 e. The summed E-state index contributed by atoms with van der Waals surface area (Å²) in [7, 11) is 0. The molecule has 1 fully saturated rings. The monoisotopic (exact) mass is 489 g/mol. The highest BCUT2D eigenvalue weighted by Crippen LogP contribution is 2.28. The molecule has 0 spiro atoms. The topological polar surface area (TPSA) is 80.1 Å². The van der Waals surface area contributed by atoms with Crippen LogP contribution in [-0.4, -0.2) is 38.9 Å². The second-order valence-corrected chi connectivity index (χ2v) is 10.5. The van der Waals surface area contributed by atoms with Gasteiger partial charge in [-0.1, -0.05) is 62.9 Å². The summed E-state index contributed by atoms with van der Waals surface area (Å²) in [5.41, 5.74) is 3.86. The number of anilines is 2. The molecule has 7 nitrogen and oxygen atoms in total. The standard InChI is InChI=1S/C27H31N5O2S/c1-5-16-32-25(19-8-10-20(11-9-19)27(2,3)4)29-30-26(32)35-18-23(33)28-21-12-14-22(15-13-21)31-17-6-7-24(31)34/h5,8-15H,1,6-7,16-18H2,2-4H3,(H,28,33). The molecule has 0 aliphatic carbocycles. The molecule has 3 aromatic rings. The van der Waals surface area contributed by atoms with E-state index in [0.717, 1.165) is 30.0 Å². The zero-order valence-electron chi connectivity index (χ0n) is 20.5. The SMILES string of the molecule is C=CCn1c(SCC(=O)Nc2ccc(N3CCCC3=O)cc2)nnc1-c1ccc(C(C)(C)C)cc1. The van der Waals surface area contributed by atoms with Gasteiger partial charge in [0.05, 0.1) is 5.75 Å². The molecule has 1 N–H and O–H groups in total. The van der Waals surface area contributed by atoms with E-state index in [1.165, 1.54) is 17.3 Å². The molecule has 1 aromatic heterocycles. The molecule has 8 heteroatoms. The van der Waals surface area contributed by atoms with E-state index in [9.17, 15) is 9.59 Å². The van der Waals surface area contributed by atoms with Gasteiger partial charge < -0.3 is 10.2 Å². The highest BCUT2D eigenvalue weighted by Gasteiger charge is 2.21. The number of carbonyl (C=O) groups excluding carboxylic acids is 2. The lowest BCUT2D eigenvalue weighted by molar-refractivity contribution is -0.117. The molecule has 2 amide bonds. The summed E-state index contributed by atoms with van der Waals surface area (Å²) in [4.78, 5) is 26.3. The number of rotatable bonds is 8. The van der Waals surface area contributed by atoms with Crippen LogP contribution in [0.5, 0.6) is 0 Å². The molecule has 1 aliphatic rings. The van der Waals surface area contributed by atoms with E-state index < -0.39 is 0 Å². The molecule has 0 bridgehead atoms. The fourth-order valence-electron chi connectivity index (χ4n) is 4.00. The van der Waals surface area contributed by atoms with Gasteiger partial charge >= 0.3 is 0 Å². The largest absolute Gasteiger partial charge is 0.325 e. The molecule has 4 rings (SSSR count). The molecule has 0 saturated carbocycles. The van der Waals surface area contributed by atoms with Crippen molar-refractivity contribution in [3.63, 3.8) is 0 Å². The number of aromatic nitrogens is 3. The van der Waals surface area contributed by atoms with Crippen LogP contribution >= 0.6 is 11.8 Å². The molecule has 1 saturated heterocycles. The Bertz CT molecular complexity index is 1210. The van der Waals surface area contributed by atoms with Crippen LogP contribution in [0.25, 0.3) is 11.4 Å². The van der Waals surface area contributed by atoms with E-state index in [4.69, 9.17) is 0 Å². The van der Waals surface area contributed by atoms with Gasteiger partial charge in [0.1, 0.15) is 0 Å². The second kappa shape index (κ2) is 10.5. The van der Waals surface area contributed by atoms with Crippen molar-refractivity contribution in [2.75, 3.05) is 22.5 Å². The summed E-state index contributed by atoms with van der Waals surface area (Å²) in [6.45, 7) is 11.7. The Morgan fingerprint density at radius 3 is 2.43 bits per heavy atom. The summed E-state index contributed by atoms with van der Waals surface area (Å²) < 4.78 is 1.97. The molecule has 0 radical (unpaired) electrons. The zero-order valence-corrected chi connectivity index (χ0v) is 21.3. The number of hydrogen-bond donors (Lipinski definition) is 1. The average Bonchev–Trinajstić information content (AvgIpc) is 3.44. The van der Waals surface area contributed by atoms with Crippen molar-refractivity contribution < 1.29 is 9.59 Å². The van der Waals surface area contributed by atoms with E-state index in [0.29, 0.717) is 23.8 Å². The van der Waals surface area contributed by atoms with Crippen LogP contribution in [0.3, 0.4) is 0 Å². The van der Waals surface area contributed by atoms with Crippen molar-refractivity contribution >= 4 is 35.0 Å². The maximum Gasteiger partial charge on any atom is 0.234 e. The van der Waals surface area contributed by atoms with Crippen LogP contribution < -0.4 is 10.2 Å². The Kier molecular flexibility index (Phi) is 7.40. The number of carbonyl (C=O) groups is 2. The van der Waals surface area contributed by atoms with Crippen LogP contribution in [0.4, 0.5) is 11.4 Å². The van der Waals surface area contributed by atoms with E-state index >= 15 is 0 Å². The lowest BCUT2D eigenvalue weighted by atomic mass is 9.87. The predicted octanol–water partition coefficient (Wildman–Crippen LogP) is 5.29. The first-order valence-electron chi connectivity index (χ1n) is 11.7. The first-order chi connectivity index (χ1) is 16.8. The van der Waals surface area contributed by atoms with E-state index in [1.54, 1.807) is 11.0 Å². The quantitative estimate of drug-likeness (QED) is 0.344. The summed E-state index contributed by atoms with van der Waals surface area (Å²) >= 11 is 1.34. The van der Waals surface area contributed by atoms with Crippen molar-refractivity contribution in [3.05, 3.63) is 66.7 Å². The molecule has 2 heterocycles. The van der Waals surface area contributed by atoms with E-state index in [1.807, 2.05) is 28.8 Å². The third-order valence-electron chi connectivity index (χ3n) is 5.91. The van der Waals surface area contributed by atoms with Gasteiger partial charge in [-0.15, -0.1) is 16.8 Å². The van der Waals surface area contributed by atoms with Crippen LogP contribution in [0.1, 0.15) is 39.2 Å². The summed E-state index contributed by atoms with van der Waals surface area (Å²) in [6, 6.07) is 15.7. The van der Waals surface area contributed by atoms with Gasteiger partial charge in [-0.2, -0.15) is 0 Å². The summed E-state index contributed by atoms with van der Waals surface area (Å²) in [5.74, 6) is 0.959. The fourth-order valence-corrected chi connectivity index (χ4v) is 4.74. The van der Waals surface area contributed by atoms with E-state index in [2.05, 4.69) is 67.1 Å². The first-order valence-corrected chi connectivity index (χ1v) is 12.7. The summed E-state index contributed by atoms with van der Waals surface area (Å²) in [6.07, 6.45) is 3.28. The third kappa shape index (κ3) is 5.82. The van der Waals surface area contributed by atoms with Crippen molar-refractivity contribution in [1.82, 2.24) is 14.8 Å². The number of benzene rings is 2. The fraction of sp³-hybridized carbons (Fsp3) is 0.333. The Labute approximate surface area is 210 Å². The Morgan fingerprint density at radius 2 is 1.83 bits per heavy atom. The normalized spacial score (nSPS) is 13.8. The van der Waals surface area contributed by atoms with Gasteiger partial charge in [-0.3, -0.25) is 14.2 Å². The minimum atomic E-state index is -0.135. The maximum absolute atomic E-state index is 12.6. The van der Waals surface area contributed by atoms with Gasteiger partial charge in [0.2, 0.25) is 11.8 Å². The Hall–Kier alpha value is -3.39. The molecular formula is C27H31N5O2S. The van der Waals surface area contributed by atoms with Gasteiger partial charge in [-0.05, 0) is 41.7 Å². The number of allylic oxidation sites excluding steroid dienone is 1. The molecule has 0 unspecified atom stereocenters. The molecule has 2 aromatic carbocycles. The molecule has 35 heavy (non-hydrogen) atoms. The van der Waals surface area contributed by atoms with Crippen molar-refractivity contribution in [1.29, 1.82) is 0 Å². The average molecular weight is 490 g/mol. The number of nitrogens with one attached hydrogen (secondary N) is 1. The van der Waals surface area contributed by atoms with Gasteiger partial charge in [0, 0.05) is 36.4 Å². The van der Waals surface area contributed by atoms with Gasteiger partial charge in [0.15, 0.2) is 11.0 Å². The van der Waals surface area contributed by atoms with Gasteiger partial charge in [0.25, 0.3) is 0 Å². The lowest BCUT2D eigenvalue weighted by Crippen LogP contribution is -2.23. The molecule has 1 aliphatic heterocycles. The van der Waals surface area contributed by atoms with Crippen molar-refractivity contribution in [3.8, 4) is 11.4 Å². The molecular weight excluding hydrogens is 458 g/mol. The maximum atomic E-state index is 12.6. The highest BCUT2D eigenvalue weighted by molar-refractivity contribution is 7.99. The Morgan fingerprint density at radius 1 is 1.11 bits per heavy atom. The van der Waals surface area contributed by atoms with Gasteiger partial charge in [-0.25, -0.2) is 0 Å². The number of amides is 2. The van der Waals surface area contributed by atoms with Crippen LogP contribution in [0, 0.1) is 0 Å². The van der Waals surface area contributed by atoms with Crippen LogP contribution in [0.2, 0.25) is 0 Å². The highest BCUT2D eigenvalue weighted by atomic mass is 32.2.